The van der Waals surface area contributed by atoms with Gasteiger partial charge in [-0.15, -0.1) is 0 Å². The Morgan fingerprint density at radius 2 is 2.19 bits per heavy atom. The summed E-state index contributed by atoms with van der Waals surface area (Å²) in [5, 5.41) is 2.72. The van der Waals surface area contributed by atoms with Crippen LogP contribution in [0.1, 0.15) is 19.4 Å². The Morgan fingerprint density at radius 1 is 1.50 bits per heavy atom. The summed E-state index contributed by atoms with van der Waals surface area (Å²) < 4.78 is 18.1. The zero-order valence-corrected chi connectivity index (χ0v) is 9.71. The fourth-order valence-corrected chi connectivity index (χ4v) is 1.21. The molecule has 0 aliphatic heterocycles. The van der Waals surface area contributed by atoms with E-state index in [9.17, 15) is 9.18 Å². The van der Waals surface area contributed by atoms with Crippen molar-refractivity contribution < 1.29 is 13.9 Å². The van der Waals surface area contributed by atoms with Gasteiger partial charge in [-0.3, -0.25) is 4.79 Å². The first-order chi connectivity index (χ1) is 7.54. The molecule has 88 valence electrons. The van der Waals surface area contributed by atoms with Gasteiger partial charge in [0.25, 0.3) is 0 Å². The van der Waals surface area contributed by atoms with E-state index >= 15 is 0 Å². The molecule has 0 fully saturated rings. The number of carbonyl (C=O) groups is 1. The molecule has 16 heavy (non-hydrogen) atoms. The summed E-state index contributed by atoms with van der Waals surface area (Å²) in [4.78, 5) is 11.3. The van der Waals surface area contributed by atoms with Gasteiger partial charge in [-0.25, -0.2) is 4.39 Å². The molecule has 0 aliphatic rings. The van der Waals surface area contributed by atoms with Crippen LogP contribution in [0.15, 0.2) is 18.2 Å². The summed E-state index contributed by atoms with van der Waals surface area (Å²) in [6.45, 7) is 3.95. The minimum absolute atomic E-state index is 0.0452. The molecule has 0 saturated carbocycles. The van der Waals surface area contributed by atoms with Gasteiger partial charge in [0.1, 0.15) is 0 Å². The highest BCUT2D eigenvalue weighted by Gasteiger charge is 2.07. The Hall–Kier alpha value is -1.58. The third-order valence-corrected chi connectivity index (χ3v) is 2.21. The van der Waals surface area contributed by atoms with Crippen LogP contribution in [0.2, 0.25) is 0 Å². The largest absolute Gasteiger partial charge is 0.494 e. The molecule has 0 atom stereocenters. The highest BCUT2D eigenvalue weighted by Crippen LogP contribution is 2.17. The first-order valence-corrected chi connectivity index (χ1v) is 5.14. The molecular formula is C12H16FNO2. The van der Waals surface area contributed by atoms with Crippen molar-refractivity contribution in [1.82, 2.24) is 5.32 Å². The van der Waals surface area contributed by atoms with Gasteiger partial charge < -0.3 is 10.1 Å². The minimum atomic E-state index is -0.418. The maximum absolute atomic E-state index is 13.3. The van der Waals surface area contributed by atoms with Gasteiger partial charge in [0.05, 0.1) is 7.11 Å². The third kappa shape index (κ3) is 3.22. The molecule has 0 aliphatic carbocycles. The number of hydrogen-bond acceptors (Lipinski definition) is 2. The number of halogens is 1. The van der Waals surface area contributed by atoms with Gasteiger partial charge in [0.15, 0.2) is 11.6 Å². The number of benzene rings is 1. The van der Waals surface area contributed by atoms with Crippen LogP contribution >= 0.6 is 0 Å². The van der Waals surface area contributed by atoms with Crippen LogP contribution in [0.3, 0.4) is 0 Å². The number of ether oxygens (including phenoxy) is 1. The minimum Gasteiger partial charge on any atom is -0.494 e. The summed E-state index contributed by atoms with van der Waals surface area (Å²) in [5.41, 5.74) is 0.715. The molecule has 0 radical (unpaired) electrons. The van der Waals surface area contributed by atoms with Crippen molar-refractivity contribution in [3.05, 3.63) is 29.6 Å². The molecule has 0 spiro atoms. The van der Waals surface area contributed by atoms with Gasteiger partial charge in [-0.05, 0) is 17.7 Å². The number of amides is 1. The lowest BCUT2D eigenvalue weighted by Gasteiger charge is -2.08. The van der Waals surface area contributed by atoms with Crippen LogP contribution in [0.5, 0.6) is 5.75 Å². The molecule has 3 nitrogen and oxygen atoms in total. The molecule has 1 aromatic rings. The van der Waals surface area contributed by atoms with Crippen molar-refractivity contribution >= 4 is 5.91 Å². The lowest BCUT2D eigenvalue weighted by atomic mass is 10.2. The highest BCUT2D eigenvalue weighted by molar-refractivity contribution is 5.77. The second-order valence-electron chi connectivity index (χ2n) is 3.84. The zero-order chi connectivity index (χ0) is 12.1. The lowest BCUT2D eigenvalue weighted by Crippen LogP contribution is -2.27. The Bertz CT molecular complexity index is 377. The van der Waals surface area contributed by atoms with Crippen LogP contribution in [0, 0.1) is 11.7 Å². The highest BCUT2D eigenvalue weighted by atomic mass is 19.1. The summed E-state index contributed by atoms with van der Waals surface area (Å²) in [5.74, 6) is -0.322. The second-order valence-corrected chi connectivity index (χ2v) is 3.84. The van der Waals surface area contributed by atoms with Gasteiger partial charge in [-0.2, -0.15) is 0 Å². The SMILES string of the molecule is COc1ccc(CNC(=O)C(C)C)cc1F. The summed E-state index contributed by atoms with van der Waals surface area (Å²) in [6, 6.07) is 4.63. The molecule has 0 bridgehead atoms. The van der Waals surface area contributed by atoms with Gasteiger partial charge in [0, 0.05) is 12.5 Å². The van der Waals surface area contributed by atoms with E-state index in [1.165, 1.54) is 13.2 Å². The van der Waals surface area contributed by atoms with Crippen molar-refractivity contribution in [1.29, 1.82) is 0 Å². The first kappa shape index (κ1) is 12.5. The van der Waals surface area contributed by atoms with E-state index < -0.39 is 5.82 Å². The van der Waals surface area contributed by atoms with Gasteiger partial charge in [-0.1, -0.05) is 19.9 Å². The Balaban J connectivity index is 2.62. The molecule has 0 heterocycles. The van der Waals surface area contributed by atoms with Crippen LogP contribution in [0.25, 0.3) is 0 Å². The second kappa shape index (κ2) is 5.49. The van der Waals surface area contributed by atoms with Crippen LogP contribution < -0.4 is 10.1 Å². The van der Waals surface area contributed by atoms with Crippen LogP contribution in [-0.2, 0) is 11.3 Å². The number of methoxy groups -OCH3 is 1. The van der Waals surface area contributed by atoms with Crippen molar-refractivity contribution in [3.8, 4) is 5.75 Å². The summed E-state index contributed by atoms with van der Waals surface area (Å²) >= 11 is 0. The van der Waals surface area contributed by atoms with Gasteiger partial charge in [0.2, 0.25) is 5.91 Å². The molecule has 0 unspecified atom stereocenters. The molecule has 4 heteroatoms. The van der Waals surface area contributed by atoms with Gasteiger partial charge >= 0.3 is 0 Å². The van der Waals surface area contributed by atoms with Crippen LogP contribution in [-0.4, -0.2) is 13.0 Å². The predicted molar refractivity (Wildman–Crippen MR) is 59.6 cm³/mol. The lowest BCUT2D eigenvalue weighted by molar-refractivity contribution is -0.124. The molecule has 1 N–H and O–H groups in total. The first-order valence-electron chi connectivity index (χ1n) is 5.14. The zero-order valence-electron chi connectivity index (χ0n) is 9.71. The van der Waals surface area contributed by atoms with E-state index in [-0.39, 0.29) is 17.6 Å². The number of hydrogen-bond donors (Lipinski definition) is 1. The van der Waals surface area contributed by atoms with E-state index in [2.05, 4.69) is 5.32 Å². The summed E-state index contributed by atoms with van der Waals surface area (Å²) in [7, 11) is 1.42. The van der Waals surface area contributed by atoms with E-state index in [4.69, 9.17) is 4.74 Å². The quantitative estimate of drug-likeness (QED) is 0.852. The fraction of sp³-hybridized carbons (Fsp3) is 0.417. The smallest absolute Gasteiger partial charge is 0.222 e. The molecular weight excluding hydrogens is 209 g/mol. The Kier molecular flexibility index (Phi) is 4.28. The fourth-order valence-electron chi connectivity index (χ4n) is 1.21. The van der Waals surface area contributed by atoms with E-state index in [0.29, 0.717) is 12.1 Å². The van der Waals surface area contributed by atoms with Crippen molar-refractivity contribution in [2.45, 2.75) is 20.4 Å². The monoisotopic (exact) mass is 225 g/mol. The molecule has 0 saturated heterocycles. The van der Waals surface area contributed by atoms with E-state index in [1.807, 2.05) is 13.8 Å². The number of carbonyl (C=O) groups excluding carboxylic acids is 1. The Labute approximate surface area is 94.6 Å². The van der Waals surface area contributed by atoms with Crippen molar-refractivity contribution in [2.24, 2.45) is 5.92 Å². The summed E-state index contributed by atoms with van der Waals surface area (Å²) in [6.07, 6.45) is 0. The standard InChI is InChI=1S/C12H16FNO2/c1-8(2)12(15)14-7-9-4-5-11(16-3)10(13)6-9/h4-6,8H,7H2,1-3H3,(H,14,15). The Morgan fingerprint density at radius 3 is 2.69 bits per heavy atom. The molecule has 1 aromatic carbocycles. The van der Waals surface area contributed by atoms with E-state index in [1.54, 1.807) is 12.1 Å². The normalized spacial score (nSPS) is 10.3. The molecule has 1 rings (SSSR count). The maximum Gasteiger partial charge on any atom is 0.222 e. The van der Waals surface area contributed by atoms with Crippen molar-refractivity contribution in [2.75, 3.05) is 7.11 Å². The predicted octanol–water partition coefficient (Wildman–Crippen LogP) is 2.11. The van der Waals surface area contributed by atoms with E-state index in [0.717, 1.165) is 0 Å². The average molecular weight is 225 g/mol. The molecule has 0 aromatic heterocycles. The third-order valence-electron chi connectivity index (χ3n) is 2.21. The average Bonchev–Trinajstić information content (AvgIpc) is 2.25. The molecule has 1 amide bonds. The number of rotatable bonds is 4. The number of nitrogens with one attached hydrogen (secondary N) is 1. The maximum atomic E-state index is 13.3. The van der Waals surface area contributed by atoms with Crippen molar-refractivity contribution in [3.63, 3.8) is 0 Å². The van der Waals surface area contributed by atoms with Crippen LogP contribution in [0.4, 0.5) is 4.39 Å². The topological polar surface area (TPSA) is 38.3 Å².